The monoisotopic (exact) mass is 749 g/mol. The first-order chi connectivity index (χ1) is 25.6. The molecular formula is C38H51N7O9. The molecule has 4 aliphatic rings. The summed E-state index contributed by atoms with van der Waals surface area (Å²) in [5.74, 6) is 0.0213. The number of carbonyl (C=O) groups excluding carboxylic acids is 5. The lowest BCUT2D eigenvalue weighted by Crippen LogP contribution is -2.59. The van der Waals surface area contributed by atoms with Crippen molar-refractivity contribution < 1.29 is 42.9 Å². The van der Waals surface area contributed by atoms with Gasteiger partial charge in [-0.25, -0.2) is 9.78 Å². The van der Waals surface area contributed by atoms with Crippen molar-refractivity contribution in [2.24, 2.45) is 0 Å². The van der Waals surface area contributed by atoms with Gasteiger partial charge < -0.3 is 44.7 Å². The van der Waals surface area contributed by atoms with Gasteiger partial charge in [0.05, 0.1) is 30.6 Å². The standard InChI is InChI=1S/C38H51N7O9/c1-8-28-35(49)44(7)29-19-39-36(43-33(29)45(28)22-11-9-10-12-22)41-25-14-13-24(23-15-16-51-32(23)25)34(48)40-26-17-31(53-21(3)47)27(18-30(26)52-20(2)46)42-37(50)54-38(4,5)6/h13-14,19,22,26-28,30-31H,8-12,15-18H2,1-7H3,(H,40,48)(H,42,50)(H,39,41,43)/t26-,27-,28-,30-,31-/m1/s1. The van der Waals surface area contributed by atoms with Gasteiger partial charge in [-0.05, 0) is 52.2 Å². The Morgan fingerprint density at radius 3 is 2.24 bits per heavy atom. The fourth-order valence-corrected chi connectivity index (χ4v) is 8.00. The van der Waals surface area contributed by atoms with Crippen LogP contribution in [-0.4, -0.2) is 95.4 Å². The third-order valence-corrected chi connectivity index (χ3v) is 10.3. The number of ether oxygens (including phenoxy) is 4. The molecule has 0 bridgehead atoms. The van der Waals surface area contributed by atoms with Crippen LogP contribution in [0.1, 0.15) is 102 Å². The maximum absolute atomic E-state index is 14.0. The molecular weight excluding hydrogens is 698 g/mol. The summed E-state index contributed by atoms with van der Waals surface area (Å²) in [7, 11) is 1.76. The number of fused-ring (bicyclic) bond motifs is 2. The molecule has 3 N–H and O–H groups in total. The molecule has 6 rings (SSSR count). The van der Waals surface area contributed by atoms with Crippen LogP contribution < -0.4 is 30.5 Å². The van der Waals surface area contributed by atoms with Crippen molar-refractivity contribution in [3.63, 3.8) is 0 Å². The summed E-state index contributed by atoms with van der Waals surface area (Å²) in [6.07, 6.45) is 4.76. The van der Waals surface area contributed by atoms with Gasteiger partial charge in [-0.2, -0.15) is 4.98 Å². The van der Waals surface area contributed by atoms with E-state index in [-0.39, 0.29) is 30.8 Å². The number of nitrogens with one attached hydrogen (secondary N) is 3. The largest absolute Gasteiger partial charge is 0.491 e. The summed E-state index contributed by atoms with van der Waals surface area (Å²) in [6.45, 7) is 10.1. The minimum atomic E-state index is -0.838. The van der Waals surface area contributed by atoms with E-state index in [0.717, 1.165) is 25.7 Å². The third-order valence-electron chi connectivity index (χ3n) is 10.3. The number of esters is 2. The molecule has 2 aliphatic heterocycles. The second kappa shape index (κ2) is 15.7. The van der Waals surface area contributed by atoms with Crippen molar-refractivity contribution >= 4 is 53.0 Å². The number of amides is 3. The Morgan fingerprint density at radius 2 is 1.63 bits per heavy atom. The zero-order valence-electron chi connectivity index (χ0n) is 32.0. The van der Waals surface area contributed by atoms with Crippen LogP contribution in [0.4, 0.5) is 27.9 Å². The number of hydrogen-bond acceptors (Lipinski definition) is 13. The van der Waals surface area contributed by atoms with Crippen LogP contribution in [0.15, 0.2) is 18.3 Å². The van der Waals surface area contributed by atoms with E-state index < -0.39 is 53.8 Å². The fourth-order valence-electron chi connectivity index (χ4n) is 8.00. The molecule has 2 aliphatic carbocycles. The lowest BCUT2D eigenvalue weighted by molar-refractivity contribution is -0.159. The molecule has 5 atom stereocenters. The highest BCUT2D eigenvalue weighted by Gasteiger charge is 2.44. The Hall–Kier alpha value is -5.15. The Morgan fingerprint density at radius 1 is 0.981 bits per heavy atom. The summed E-state index contributed by atoms with van der Waals surface area (Å²) in [4.78, 5) is 77.5. The number of rotatable bonds is 9. The van der Waals surface area contributed by atoms with Crippen LogP contribution >= 0.6 is 0 Å². The van der Waals surface area contributed by atoms with Gasteiger partial charge in [0.2, 0.25) is 11.9 Å². The third kappa shape index (κ3) is 8.31. The predicted molar refractivity (Wildman–Crippen MR) is 198 cm³/mol. The number of alkyl carbamates (subject to hydrolysis) is 1. The van der Waals surface area contributed by atoms with E-state index in [1.54, 1.807) is 51.0 Å². The van der Waals surface area contributed by atoms with Crippen molar-refractivity contribution in [2.45, 2.75) is 135 Å². The van der Waals surface area contributed by atoms with E-state index in [1.165, 1.54) is 13.8 Å². The quantitative estimate of drug-likeness (QED) is 0.243. The average Bonchev–Trinajstić information content (AvgIpc) is 3.80. The van der Waals surface area contributed by atoms with Crippen LogP contribution in [0.5, 0.6) is 5.75 Å². The van der Waals surface area contributed by atoms with Crippen LogP contribution in [0.2, 0.25) is 0 Å². The summed E-state index contributed by atoms with van der Waals surface area (Å²) in [6, 6.07) is 1.85. The highest BCUT2D eigenvalue weighted by atomic mass is 16.6. The zero-order valence-corrected chi connectivity index (χ0v) is 32.0. The minimum Gasteiger partial charge on any atom is -0.491 e. The topological polar surface area (TPSA) is 191 Å². The van der Waals surface area contributed by atoms with Crippen molar-refractivity contribution in [1.82, 2.24) is 20.6 Å². The van der Waals surface area contributed by atoms with E-state index in [1.807, 2.05) is 6.92 Å². The van der Waals surface area contributed by atoms with Gasteiger partial charge in [0.25, 0.3) is 5.91 Å². The summed E-state index contributed by atoms with van der Waals surface area (Å²) in [5.41, 5.74) is 1.53. The molecule has 2 fully saturated rings. The Bertz CT molecular complexity index is 1790. The Kier molecular flexibility index (Phi) is 11.2. The maximum Gasteiger partial charge on any atom is 0.408 e. The highest BCUT2D eigenvalue weighted by Crippen LogP contribution is 2.42. The number of likely N-dealkylation sites (N-methyl/N-ethyl adjacent to an activating group) is 1. The molecule has 3 heterocycles. The van der Waals surface area contributed by atoms with Gasteiger partial charge in [0, 0.05) is 57.3 Å². The molecule has 0 saturated heterocycles. The van der Waals surface area contributed by atoms with Crippen molar-refractivity contribution in [3.05, 3.63) is 29.5 Å². The van der Waals surface area contributed by atoms with Crippen LogP contribution in [-0.2, 0) is 35.0 Å². The molecule has 0 spiro atoms. The first-order valence-electron chi connectivity index (χ1n) is 18.8. The SMILES string of the molecule is CC[C@@H]1C(=O)N(C)c2cnc(Nc3ccc(C(=O)N[C@@H]4C[C@@H](OC(C)=O)[C@H](NC(=O)OC(C)(C)C)C[C@H]4OC(C)=O)c4c3OCC4)nc2N1C1CCCC1. The molecule has 54 heavy (non-hydrogen) atoms. The number of hydrogen-bond donors (Lipinski definition) is 3. The molecule has 292 valence electrons. The lowest BCUT2D eigenvalue weighted by atomic mass is 9.85. The first-order valence-corrected chi connectivity index (χ1v) is 18.8. The number of nitrogens with zero attached hydrogens (tertiary/aromatic N) is 4. The minimum absolute atomic E-state index is 0.0351. The molecule has 0 unspecified atom stereocenters. The van der Waals surface area contributed by atoms with Gasteiger partial charge in [-0.15, -0.1) is 0 Å². The number of benzene rings is 1. The van der Waals surface area contributed by atoms with Gasteiger partial charge in [-0.1, -0.05) is 19.8 Å². The molecule has 0 radical (unpaired) electrons. The molecule has 1 aromatic heterocycles. The van der Waals surface area contributed by atoms with Crippen molar-refractivity contribution in [2.75, 3.05) is 28.8 Å². The molecule has 16 heteroatoms. The van der Waals surface area contributed by atoms with Crippen LogP contribution in [0.25, 0.3) is 0 Å². The van der Waals surface area contributed by atoms with E-state index >= 15 is 0 Å². The highest BCUT2D eigenvalue weighted by molar-refractivity contribution is 6.04. The second-order valence-corrected chi connectivity index (χ2v) is 15.4. The summed E-state index contributed by atoms with van der Waals surface area (Å²) in [5, 5.41) is 9.04. The van der Waals surface area contributed by atoms with Gasteiger partial charge in [0.1, 0.15) is 35.3 Å². The first kappa shape index (κ1) is 38.6. The van der Waals surface area contributed by atoms with E-state index in [9.17, 15) is 24.0 Å². The molecule has 1 aromatic carbocycles. The van der Waals surface area contributed by atoms with E-state index in [2.05, 4.69) is 25.8 Å². The Balaban J connectivity index is 1.23. The smallest absolute Gasteiger partial charge is 0.408 e. The van der Waals surface area contributed by atoms with E-state index in [4.69, 9.17) is 23.9 Å². The molecule has 2 aromatic rings. The van der Waals surface area contributed by atoms with Crippen LogP contribution in [0.3, 0.4) is 0 Å². The molecule has 16 nitrogen and oxygen atoms in total. The molecule has 2 saturated carbocycles. The maximum atomic E-state index is 14.0. The van der Waals surface area contributed by atoms with Crippen LogP contribution in [0, 0.1) is 0 Å². The predicted octanol–water partition coefficient (Wildman–Crippen LogP) is 4.31. The Labute approximate surface area is 315 Å². The van der Waals surface area contributed by atoms with Gasteiger partial charge in [0.15, 0.2) is 5.82 Å². The average molecular weight is 750 g/mol. The van der Waals surface area contributed by atoms with Gasteiger partial charge >= 0.3 is 18.0 Å². The summed E-state index contributed by atoms with van der Waals surface area (Å²) < 4.78 is 22.7. The van der Waals surface area contributed by atoms with Crippen molar-refractivity contribution in [1.29, 1.82) is 0 Å². The second-order valence-electron chi connectivity index (χ2n) is 15.4. The number of anilines is 4. The lowest BCUT2D eigenvalue weighted by Gasteiger charge is -2.43. The fraction of sp³-hybridized carbons (Fsp3) is 0.605. The normalized spacial score (nSPS) is 23.8. The van der Waals surface area contributed by atoms with Gasteiger partial charge in [-0.3, -0.25) is 19.2 Å². The zero-order chi connectivity index (χ0) is 38.9. The summed E-state index contributed by atoms with van der Waals surface area (Å²) >= 11 is 0. The molecule has 3 amide bonds. The van der Waals surface area contributed by atoms with E-state index in [0.29, 0.717) is 59.5 Å². The van der Waals surface area contributed by atoms with Crippen molar-refractivity contribution in [3.8, 4) is 5.75 Å². The number of carbonyl (C=O) groups is 5. The number of aromatic nitrogens is 2.